The molecule has 0 amide bonds. The van der Waals surface area contributed by atoms with Crippen molar-refractivity contribution in [2.45, 2.75) is 26.6 Å². The predicted octanol–water partition coefficient (Wildman–Crippen LogP) is 2.19. The Hall–Kier alpha value is -0.360. The molecule has 1 aromatic rings. The van der Waals surface area contributed by atoms with E-state index in [0.29, 0.717) is 12.4 Å². The van der Waals surface area contributed by atoms with Gasteiger partial charge in [0.05, 0.1) is 16.3 Å². The minimum absolute atomic E-state index is 0.246. The van der Waals surface area contributed by atoms with Gasteiger partial charge in [0, 0.05) is 6.20 Å². The van der Waals surface area contributed by atoms with E-state index in [9.17, 15) is 0 Å². The van der Waals surface area contributed by atoms with Crippen LogP contribution in [0.25, 0.3) is 0 Å². The number of aromatic nitrogens is 1. The van der Waals surface area contributed by atoms with Gasteiger partial charge in [-0.2, -0.15) is 0 Å². The maximum Gasteiger partial charge on any atom is 0.136 e. The minimum Gasteiger partial charge on any atom is -0.383 e. The van der Waals surface area contributed by atoms with Crippen LogP contribution in [0.3, 0.4) is 0 Å². The van der Waals surface area contributed by atoms with Crippen molar-refractivity contribution < 1.29 is 4.74 Å². The fraction of sp³-hybridized carbons (Fsp3) is 0.444. The Kier molecular flexibility index (Phi) is 3.92. The highest BCUT2D eigenvalue weighted by molar-refractivity contribution is 14.1. The lowest BCUT2D eigenvalue weighted by atomic mass is 10.3. The van der Waals surface area contributed by atoms with Gasteiger partial charge in [0.1, 0.15) is 5.82 Å². The Balaban J connectivity index is 2.63. The summed E-state index contributed by atoms with van der Waals surface area (Å²) in [5.41, 5.74) is 6.65. The van der Waals surface area contributed by atoms with Crippen LogP contribution in [0.5, 0.6) is 0 Å². The van der Waals surface area contributed by atoms with Gasteiger partial charge in [-0.05, 0) is 48.1 Å². The number of anilines is 1. The number of halogens is 1. The zero-order valence-electron chi connectivity index (χ0n) is 7.75. The molecule has 1 heterocycles. The first-order valence-electron chi connectivity index (χ1n) is 4.11. The highest BCUT2D eigenvalue weighted by Gasteiger charge is 2.00. The summed E-state index contributed by atoms with van der Waals surface area (Å²) in [6.45, 7) is 4.62. The Morgan fingerprint density at radius 3 is 2.85 bits per heavy atom. The van der Waals surface area contributed by atoms with Crippen molar-refractivity contribution in [3.8, 4) is 0 Å². The molecule has 0 spiro atoms. The van der Waals surface area contributed by atoms with Crippen LogP contribution in [0, 0.1) is 3.57 Å². The van der Waals surface area contributed by atoms with Gasteiger partial charge in [-0.25, -0.2) is 4.98 Å². The van der Waals surface area contributed by atoms with E-state index in [-0.39, 0.29) is 6.10 Å². The molecule has 72 valence electrons. The topological polar surface area (TPSA) is 48.1 Å². The van der Waals surface area contributed by atoms with Gasteiger partial charge < -0.3 is 10.5 Å². The fourth-order valence-corrected chi connectivity index (χ4v) is 1.37. The van der Waals surface area contributed by atoms with Crippen LogP contribution in [-0.2, 0) is 11.3 Å². The van der Waals surface area contributed by atoms with E-state index in [4.69, 9.17) is 10.5 Å². The number of ether oxygens (including phenoxy) is 1. The minimum atomic E-state index is 0.246. The molecule has 0 saturated carbocycles. The van der Waals surface area contributed by atoms with Gasteiger partial charge in [0.2, 0.25) is 0 Å². The second kappa shape index (κ2) is 4.76. The van der Waals surface area contributed by atoms with Gasteiger partial charge >= 0.3 is 0 Å². The van der Waals surface area contributed by atoms with E-state index in [1.807, 2.05) is 19.9 Å². The number of nitrogen functional groups attached to an aromatic ring is 1. The second-order valence-corrected chi connectivity index (χ2v) is 4.23. The van der Waals surface area contributed by atoms with Crippen LogP contribution in [0.4, 0.5) is 5.82 Å². The van der Waals surface area contributed by atoms with E-state index in [1.165, 1.54) is 0 Å². The lowest BCUT2D eigenvalue weighted by Gasteiger charge is -2.07. The van der Waals surface area contributed by atoms with E-state index < -0.39 is 0 Å². The van der Waals surface area contributed by atoms with E-state index in [2.05, 4.69) is 27.6 Å². The molecule has 0 radical (unpaired) electrons. The molecule has 0 aliphatic heterocycles. The highest BCUT2D eigenvalue weighted by Crippen LogP contribution is 2.14. The third-order valence-electron chi connectivity index (χ3n) is 1.51. The van der Waals surface area contributed by atoms with Crippen LogP contribution < -0.4 is 5.73 Å². The zero-order chi connectivity index (χ0) is 9.84. The molecule has 1 aromatic heterocycles. The molecule has 3 nitrogen and oxygen atoms in total. The van der Waals surface area contributed by atoms with Crippen molar-refractivity contribution in [2.24, 2.45) is 0 Å². The largest absolute Gasteiger partial charge is 0.383 e. The Labute approximate surface area is 91.8 Å². The molecule has 1 rings (SSSR count). The average molecular weight is 292 g/mol. The van der Waals surface area contributed by atoms with Crippen LogP contribution >= 0.6 is 22.6 Å². The SMILES string of the molecule is CC(C)OCc1cnc(N)c(I)c1. The van der Waals surface area contributed by atoms with Crippen molar-refractivity contribution in [3.05, 3.63) is 21.4 Å². The van der Waals surface area contributed by atoms with Crippen LogP contribution in [0.1, 0.15) is 19.4 Å². The van der Waals surface area contributed by atoms with Gasteiger partial charge in [0.25, 0.3) is 0 Å². The van der Waals surface area contributed by atoms with Crippen molar-refractivity contribution in [2.75, 3.05) is 5.73 Å². The summed E-state index contributed by atoms with van der Waals surface area (Å²) >= 11 is 2.16. The number of rotatable bonds is 3. The lowest BCUT2D eigenvalue weighted by molar-refractivity contribution is 0.0655. The van der Waals surface area contributed by atoms with Gasteiger partial charge in [-0.15, -0.1) is 0 Å². The third-order valence-corrected chi connectivity index (χ3v) is 2.37. The highest BCUT2D eigenvalue weighted by atomic mass is 127. The second-order valence-electron chi connectivity index (χ2n) is 3.07. The number of nitrogens with zero attached hydrogens (tertiary/aromatic N) is 1. The summed E-state index contributed by atoms with van der Waals surface area (Å²) in [4.78, 5) is 4.05. The molecule has 0 saturated heterocycles. The quantitative estimate of drug-likeness (QED) is 0.869. The van der Waals surface area contributed by atoms with Crippen LogP contribution in [-0.4, -0.2) is 11.1 Å². The number of nitrogens with two attached hydrogens (primary N) is 1. The fourth-order valence-electron chi connectivity index (χ4n) is 0.830. The molecule has 13 heavy (non-hydrogen) atoms. The first-order chi connectivity index (χ1) is 6.09. The van der Waals surface area contributed by atoms with Crippen molar-refractivity contribution in [1.29, 1.82) is 0 Å². The van der Waals surface area contributed by atoms with Crippen molar-refractivity contribution in [3.63, 3.8) is 0 Å². The molecule has 0 aliphatic rings. The van der Waals surface area contributed by atoms with Crippen LogP contribution in [0.2, 0.25) is 0 Å². The Bertz CT molecular complexity index is 289. The van der Waals surface area contributed by atoms with Gasteiger partial charge in [-0.1, -0.05) is 0 Å². The summed E-state index contributed by atoms with van der Waals surface area (Å²) in [6.07, 6.45) is 2.00. The summed E-state index contributed by atoms with van der Waals surface area (Å²) in [5.74, 6) is 0.578. The molecule has 0 aromatic carbocycles. The van der Waals surface area contributed by atoms with E-state index in [1.54, 1.807) is 6.20 Å². The predicted molar refractivity (Wildman–Crippen MR) is 61.3 cm³/mol. The first-order valence-corrected chi connectivity index (χ1v) is 5.19. The van der Waals surface area contributed by atoms with Crippen LogP contribution in [0.15, 0.2) is 12.3 Å². The molecule has 0 aliphatic carbocycles. The normalized spacial score (nSPS) is 10.8. The first kappa shape index (κ1) is 10.7. The Morgan fingerprint density at radius 1 is 1.62 bits per heavy atom. The molecule has 2 N–H and O–H groups in total. The van der Waals surface area contributed by atoms with Crippen molar-refractivity contribution in [1.82, 2.24) is 4.98 Å². The molecule has 0 fully saturated rings. The number of pyridine rings is 1. The molecule has 4 heteroatoms. The average Bonchev–Trinajstić information content (AvgIpc) is 2.07. The maximum absolute atomic E-state index is 5.59. The summed E-state index contributed by atoms with van der Waals surface area (Å²) in [7, 11) is 0. The molecule has 0 unspecified atom stereocenters. The van der Waals surface area contributed by atoms with Gasteiger partial charge in [-0.3, -0.25) is 0 Å². The summed E-state index contributed by atoms with van der Waals surface area (Å²) in [6, 6.07) is 1.99. The Morgan fingerprint density at radius 2 is 2.31 bits per heavy atom. The third kappa shape index (κ3) is 3.48. The molecule has 0 atom stereocenters. The zero-order valence-corrected chi connectivity index (χ0v) is 9.91. The number of hydrogen-bond donors (Lipinski definition) is 1. The molecule has 0 bridgehead atoms. The maximum atomic E-state index is 5.59. The van der Waals surface area contributed by atoms with Crippen molar-refractivity contribution >= 4 is 28.4 Å². The number of hydrogen-bond acceptors (Lipinski definition) is 3. The van der Waals surface area contributed by atoms with Gasteiger partial charge in [0.15, 0.2) is 0 Å². The molecular formula is C9H13IN2O. The summed E-state index contributed by atoms with van der Waals surface area (Å²) < 4.78 is 6.41. The lowest BCUT2D eigenvalue weighted by Crippen LogP contribution is -2.03. The summed E-state index contributed by atoms with van der Waals surface area (Å²) in [5, 5.41) is 0. The standard InChI is InChI=1S/C9H13IN2O/c1-6(2)13-5-7-3-8(10)9(11)12-4-7/h3-4,6H,5H2,1-2H3,(H2,11,12). The van der Waals surface area contributed by atoms with E-state index in [0.717, 1.165) is 9.13 Å². The monoisotopic (exact) mass is 292 g/mol. The van der Waals surface area contributed by atoms with E-state index >= 15 is 0 Å². The molecular weight excluding hydrogens is 279 g/mol. The smallest absolute Gasteiger partial charge is 0.136 e.